The molecule has 1 aromatic rings. The normalized spacial score (nSPS) is 23.2. The van der Waals surface area contributed by atoms with Gasteiger partial charge in [0.1, 0.15) is 11.8 Å². The van der Waals surface area contributed by atoms with Gasteiger partial charge in [-0.15, -0.1) is 0 Å². The number of nitrogens with two attached hydrogens (primary N) is 1. The van der Waals surface area contributed by atoms with Crippen LogP contribution in [0.3, 0.4) is 0 Å². The number of hydrogen-bond acceptors (Lipinski definition) is 3. The minimum atomic E-state index is 0.262. The zero-order chi connectivity index (χ0) is 11.9. The summed E-state index contributed by atoms with van der Waals surface area (Å²) in [5.74, 6) is 0.361. The maximum atomic E-state index is 5.80. The van der Waals surface area contributed by atoms with Crippen molar-refractivity contribution < 1.29 is 4.84 Å². The molecule has 1 heterocycles. The number of rotatable bonds is 3. The van der Waals surface area contributed by atoms with Gasteiger partial charge in [-0.3, -0.25) is 4.68 Å². The van der Waals surface area contributed by atoms with E-state index in [-0.39, 0.29) is 6.10 Å². The van der Waals surface area contributed by atoms with Crippen LogP contribution < -0.4 is 5.73 Å². The van der Waals surface area contributed by atoms with Gasteiger partial charge in [0.15, 0.2) is 5.84 Å². The molecule has 17 heavy (non-hydrogen) atoms. The van der Waals surface area contributed by atoms with Crippen LogP contribution in [0, 0.1) is 5.41 Å². The molecular formula is C12H18N4O. The number of aromatic nitrogens is 2. The zero-order valence-electron chi connectivity index (χ0n) is 10.1. The maximum absolute atomic E-state index is 5.80. The molecule has 0 saturated heterocycles. The van der Waals surface area contributed by atoms with Gasteiger partial charge in [0.2, 0.25) is 0 Å². The Balaban J connectivity index is 1.53. The molecule has 0 bridgehead atoms. The van der Waals surface area contributed by atoms with Gasteiger partial charge in [0.25, 0.3) is 0 Å². The minimum absolute atomic E-state index is 0.262. The monoisotopic (exact) mass is 234 g/mol. The molecule has 5 nitrogen and oxygen atoms in total. The zero-order valence-corrected chi connectivity index (χ0v) is 10.1. The number of oxime groups is 1. The van der Waals surface area contributed by atoms with Gasteiger partial charge in [0.05, 0.1) is 0 Å². The van der Waals surface area contributed by atoms with Gasteiger partial charge in [-0.2, -0.15) is 5.10 Å². The van der Waals surface area contributed by atoms with Crippen molar-refractivity contribution in [3.05, 3.63) is 18.0 Å². The molecule has 2 N–H and O–H groups in total. The first-order valence-corrected chi connectivity index (χ1v) is 6.16. The minimum Gasteiger partial charge on any atom is -0.391 e. The fourth-order valence-corrected chi connectivity index (χ4v) is 2.80. The van der Waals surface area contributed by atoms with Crippen molar-refractivity contribution in [2.45, 2.75) is 38.2 Å². The number of nitrogens with zero attached hydrogens (tertiary/aromatic N) is 3. The molecule has 2 saturated carbocycles. The molecular weight excluding hydrogens is 216 g/mol. The summed E-state index contributed by atoms with van der Waals surface area (Å²) in [7, 11) is 1.85. The molecule has 1 spiro atoms. The lowest BCUT2D eigenvalue weighted by atomic mass is 9.55. The van der Waals surface area contributed by atoms with Crippen molar-refractivity contribution in [3.63, 3.8) is 0 Å². The van der Waals surface area contributed by atoms with Crippen LogP contribution in [0.4, 0.5) is 0 Å². The van der Waals surface area contributed by atoms with E-state index in [1.54, 1.807) is 4.68 Å². The predicted molar refractivity (Wildman–Crippen MR) is 64.3 cm³/mol. The number of aryl methyl sites for hydroxylation is 1. The Morgan fingerprint density at radius 1 is 1.59 bits per heavy atom. The maximum Gasteiger partial charge on any atom is 0.190 e. The van der Waals surface area contributed by atoms with Crippen LogP contribution in [0.1, 0.15) is 37.8 Å². The van der Waals surface area contributed by atoms with Gasteiger partial charge in [-0.1, -0.05) is 11.6 Å². The molecule has 2 aliphatic carbocycles. The molecule has 2 fully saturated rings. The van der Waals surface area contributed by atoms with Crippen LogP contribution in [0.25, 0.3) is 0 Å². The molecule has 0 radical (unpaired) electrons. The summed E-state index contributed by atoms with van der Waals surface area (Å²) in [6.07, 6.45) is 8.50. The predicted octanol–water partition coefficient (Wildman–Crippen LogP) is 1.39. The van der Waals surface area contributed by atoms with E-state index in [2.05, 4.69) is 10.3 Å². The second-order valence-corrected chi connectivity index (χ2v) is 5.34. The van der Waals surface area contributed by atoms with Crippen molar-refractivity contribution in [2.24, 2.45) is 23.4 Å². The van der Waals surface area contributed by atoms with Gasteiger partial charge in [0, 0.05) is 13.2 Å². The van der Waals surface area contributed by atoms with Crippen molar-refractivity contribution >= 4 is 5.84 Å². The molecule has 0 aromatic carbocycles. The third-order valence-corrected chi connectivity index (χ3v) is 4.01. The number of hydrogen-bond donors (Lipinski definition) is 1. The molecule has 5 heteroatoms. The second kappa shape index (κ2) is 3.75. The first-order valence-electron chi connectivity index (χ1n) is 6.16. The third-order valence-electron chi connectivity index (χ3n) is 4.01. The summed E-state index contributed by atoms with van der Waals surface area (Å²) in [5.41, 5.74) is 7.08. The summed E-state index contributed by atoms with van der Waals surface area (Å²) in [4.78, 5) is 5.45. The summed E-state index contributed by atoms with van der Waals surface area (Å²) in [5, 5.41) is 8.14. The molecule has 2 aliphatic rings. The average molecular weight is 234 g/mol. The Labute approximate surface area is 101 Å². The lowest BCUT2D eigenvalue weighted by Gasteiger charge is -2.52. The van der Waals surface area contributed by atoms with Gasteiger partial charge < -0.3 is 10.6 Å². The quantitative estimate of drug-likeness (QED) is 0.488. The smallest absolute Gasteiger partial charge is 0.190 e. The topological polar surface area (TPSA) is 65.4 Å². The molecule has 1 aromatic heterocycles. The van der Waals surface area contributed by atoms with E-state index >= 15 is 0 Å². The standard InChI is InChI=1S/C12H18N4O/c1-16-6-3-10(14-16)11(13)15-17-9-7-12(8-9)4-2-5-12/h3,6,9H,2,4-5,7-8H2,1H3,(H2,13,15). The highest BCUT2D eigenvalue weighted by molar-refractivity contribution is 5.95. The fourth-order valence-electron chi connectivity index (χ4n) is 2.80. The fraction of sp³-hybridized carbons (Fsp3) is 0.667. The van der Waals surface area contributed by atoms with E-state index in [1.165, 1.54) is 19.3 Å². The Morgan fingerprint density at radius 3 is 2.88 bits per heavy atom. The third kappa shape index (κ3) is 1.90. The van der Waals surface area contributed by atoms with Gasteiger partial charge in [-0.25, -0.2) is 0 Å². The van der Waals surface area contributed by atoms with Crippen LogP contribution in [0.15, 0.2) is 17.4 Å². The SMILES string of the molecule is Cn1ccc(/C(N)=N/OC2CC3(CCC3)C2)n1. The largest absolute Gasteiger partial charge is 0.391 e. The Morgan fingerprint density at radius 2 is 2.35 bits per heavy atom. The Kier molecular flexibility index (Phi) is 2.34. The molecule has 0 atom stereocenters. The second-order valence-electron chi connectivity index (χ2n) is 5.34. The average Bonchev–Trinajstić information content (AvgIpc) is 2.60. The van der Waals surface area contributed by atoms with Gasteiger partial charge in [-0.05, 0) is 37.2 Å². The highest BCUT2D eigenvalue weighted by Crippen LogP contribution is 2.56. The Bertz CT molecular complexity index is 439. The lowest BCUT2D eigenvalue weighted by molar-refractivity contribution is -0.116. The first kappa shape index (κ1) is 10.6. The molecule has 0 unspecified atom stereocenters. The van der Waals surface area contributed by atoms with Crippen LogP contribution in [-0.2, 0) is 11.9 Å². The van der Waals surface area contributed by atoms with E-state index < -0.39 is 0 Å². The van der Waals surface area contributed by atoms with Crippen molar-refractivity contribution in [2.75, 3.05) is 0 Å². The van der Waals surface area contributed by atoms with Crippen LogP contribution >= 0.6 is 0 Å². The van der Waals surface area contributed by atoms with E-state index in [0.29, 0.717) is 16.9 Å². The number of amidine groups is 1. The van der Waals surface area contributed by atoms with E-state index in [1.807, 2.05) is 19.3 Å². The lowest BCUT2D eigenvalue weighted by Crippen LogP contribution is -2.46. The van der Waals surface area contributed by atoms with E-state index in [4.69, 9.17) is 10.6 Å². The molecule has 0 aliphatic heterocycles. The highest BCUT2D eigenvalue weighted by Gasteiger charge is 2.49. The summed E-state index contributed by atoms with van der Waals surface area (Å²) < 4.78 is 1.70. The summed E-state index contributed by atoms with van der Waals surface area (Å²) in [6, 6.07) is 1.83. The summed E-state index contributed by atoms with van der Waals surface area (Å²) >= 11 is 0. The van der Waals surface area contributed by atoms with Crippen molar-refractivity contribution in [1.29, 1.82) is 0 Å². The Hall–Kier alpha value is -1.52. The van der Waals surface area contributed by atoms with Gasteiger partial charge >= 0.3 is 0 Å². The molecule has 0 amide bonds. The van der Waals surface area contributed by atoms with E-state index in [0.717, 1.165) is 12.8 Å². The van der Waals surface area contributed by atoms with E-state index in [9.17, 15) is 0 Å². The molecule has 92 valence electrons. The van der Waals surface area contributed by atoms with Crippen LogP contribution in [0.5, 0.6) is 0 Å². The van der Waals surface area contributed by atoms with Crippen LogP contribution in [0.2, 0.25) is 0 Å². The first-order chi connectivity index (χ1) is 8.17. The molecule has 3 rings (SSSR count). The summed E-state index contributed by atoms with van der Waals surface area (Å²) in [6.45, 7) is 0. The van der Waals surface area contributed by atoms with Crippen LogP contribution in [-0.4, -0.2) is 21.7 Å². The highest BCUT2D eigenvalue weighted by atomic mass is 16.6. The van der Waals surface area contributed by atoms with Crippen molar-refractivity contribution in [1.82, 2.24) is 9.78 Å². The van der Waals surface area contributed by atoms with Crippen molar-refractivity contribution in [3.8, 4) is 0 Å².